The van der Waals surface area contributed by atoms with Crippen molar-refractivity contribution in [2.45, 2.75) is 19.4 Å². The number of hydrogen-bond donors (Lipinski definition) is 2. The predicted octanol–water partition coefficient (Wildman–Crippen LogP) is 2.71. The number of pyridine rings is 2. The number of rotatable bonds is 5. The lowest BCUT2D eigenvalue weighted by Crippen LogP contribution is -2.24. The van der Waals surface area contributed by atoms with Gasteiger partial charge in [-0.1, -0.05) is 13.0 Å². The van der Waals surface area contributed by atoms with Crippen molar-refractivity contribution in [2.24, 2.45) is 0 Å². The molecule has 5 heteroatoms. The third-order valence-corrected chi connectivity index (χ3v) is 3.38. The lowest BCUT2D eigenvalue weighted by atomic mass is 10.0. The second-order valence-electron chi connectivity index (χ2n) is 4.26. The van der Waals surface area contributed by atoms with Crippen LogP contribution in [0.15, 0.2) is 41.1 Å². The smallest absolute Gasteiger partial charge is 0.126 e. The molecule has 0 saturated carbocycles. The van der Waals surface area contributed by atoms with Gasteiger partial charge in [0, 0.05) is 16.9 Å². The minimum Gasteiger partial charge on any atom is -0.383 e. The minimum absolute atomic E-state index is 0.143. The SMILES string of the molecule is CCNC(Cc1cccnc1N)c1ccc(Br)cn1. The van der Waals surface area contributed by atoms with Crippen molar-refractivity contribution in [1.82, 2.24) is 15.3 Å². The van der Waals surface area contributed by atoms with Gasteiger partial charge in [-0.25, -0.2) is 4.98 Å². The molecule has 0 spiro atoms. The third-order valence-electron chi connectivity index (χ3n) is 2.91. The molecule has 2 aromatic rings. The zero-order valence-corrected chi connectivity index (χ0v) is 12.4. The highest BCUT2D eigenvalue weighted by Gasteiger charge is 2.14. The molecule has 2 heterocycles. The number of nitrogens with two attached hydrogens (primary N) is 1. The fourth-order valence-corrected chi connectivity index (χ4v) is 2.20. The molecule has 0 radical (unpaired) electrons. The van der Waals surface area contributed by atoms with E-state index >= 15 is 0 Å². The molecule has 0 aliphatic carbocycles. The van der Waals surface area contributed by atoms with Crippen LogP contribution in [-0.2, 0) is 6.42 Å². The summed E-state index contributed by atoms with van der Waals surface area (Å²) in [5.41, 5.74) is 7.95. The standard InChI is InChI=1S/C14H17BrN4/c1-2-17-13(12-6-5-11(15)9-19-12)8-10-4-3-7-18-14(10)16/h3-7,9,13,17H,2,8H2,1H3,(H2,16,18). The maximum absolute atomic E-state index is 5.90. The molecule has 0 aromatic carbocycles. The summed E-state index contributed by atoms with van der Waals surface area (Å²) in [6.07, 6.45) is 4.30. The van der Waals surface area contributed by atoms with Crippen molar-refractivity contribution in [3.8, 4) is 0 Å². The Hall–Kier alpha value is -1.46. The number of anilines is 1. The predicted molar refractivity (Wildman–Crippen MR) is 80.7 cm³/mol. The molecule has 19 heavy (non-hydrogen) atoms. The molecular weight excluding hydrogens is 304 g/mol. The molecule has 0 aliphatic rings. The van der Waals surface area contributed by atoms with Gasteiger partial charge in [-0.15, -0.1) is 0 Å². The van der Waals surface area contributed by atoms with E-state index in [2.05, 4.69) is 38.1 Å². The summed E-state index contributed by atoms with van der Waals surface area (Å²) in [5.74, 6) is 0.586. The molecule has 100 valence electrons. The van der Waals surface area contributed by atoms with E-state index in [1.165, 1.54) is 0 Å². The highest BCUT2D eigenvalue weighted by atomic mass is 79.9. The zero-order valence-electron chi connectivity index (χ0n) is 10.8. The second-order valence-corrected chi connectivity index (χ2v) is 5.18. The monoisotopic (exact) mass is 320 g/mol. The molecule has 0 aliphatic heterocycles. The number of likely N-dealkylation sites (N-methyl/N-ethyl adjacent to an activating group) is 1. The van der Waals surface area contributed by atoms with Gasteiger partial charge in [0.2, 0.25) is 0 Å². The van der Waals surface area contributed by atoms with Crippen LogP contribution in [0.3, 0.4) is 0 Å². The van der Waals surface area contributed by atoms with Crippen LogP contribution in [0, 0.1) is 0 Å². The summed E-state index contributed by atoms with van der Waals surface area (Å²) in [7, 11) is 0. The van der Waals surface area contributed by atoms with Crippen LogP contribution in [0.4, 0.5) is 5.82 Å². The average molecular weight is 321 g/mol. The van der Waals surface area contributed by atoms with E-state index in [0.29, 0.717) is 5.82 Å². The molecule has 0 bridgehead atoms. The summed E-state index contributed by atoms with van der Waals surface area (Å²) < 4.78 is 0.979. The Morgan fingerprint density at radius 3 is 2.79 bits per heavy atom. The van der Waals surface area contributed by atoms with Crippen LogP contribution in [0.1, 0.15) is 24.2 Å². The van der Waals surface area contributed by atoms with E-state index in [0.717, 1.165) is 28.7 Å². The first-order valence-electron chi connectivity index (χ1n) is 6.25. The number of aromatic nitrogens is 2. The van der Waals surface area contributed by atoms with Crippen LogP contribution in [0.2, 0.25) is 0 Å². The number of hydrogen-bond acceptors (Lipinski definition) is 4. The molecule has 2 aromatic heterocycles. The van der Waals surface area contributed by atoms with Gasteiger partial charge in [-0.2, -0.15) is 0 Å². The Kier molecular flexibility index (Phi) is 4.87. The summed E-state index contributed by atoms with van der Waals surface area (Å²) in [5, 5.41) is 3.43. The molecule has 0 amide bonds. The summed E-state index contributed by atoms with van der Waals surface area (Å²) >= 11 is 3.40. The molecule has 1 atom stereocenters. The highest BCUT2D eigenvalue weighted by Crippen LogP contribution is 2.20. The van der Waals surface area contributed by atoms with Crippen molar-refractivity contribution in [2.75, 3.05) is 12.3 Å². The van der Waals surface area contributed by atoms with E-state index in [1.807, 2.05) is 30.5 Å². The van der Waals surface area contributed by atoms with Crippen molar-refractivity contribution in [3.63, 3.8) is 0 Å². The summed E-state index contributed by atoms with van der Waals surface area (Å²) in [6.45, 7) is 2.96. The van der Waals surface area contributed by atoms with E-state index in [4.69, 9.17) is 5.73 Å². The van der Waals surface area contributed by atoms with Gasteiger partial charge >= 0.3 is 0 Å². The highest BCUT2D eigenvalue weighted by molar-refractivity contribution is 9.10. The number of nitrogen functional groups attached to an aromatic ring is 1. The van der Waals surface area contributed by atoms with Crippen LogP contribution < -0.4 is 11.1 Å². The van der Waals surface area contributed by atoms with Crippen molar-refractivity contribution < 1.29 is 0 Å². The van der Waals surface area contributed by atoms with Crippen molar-refractivity contribution in [1.29, 1.82) is 0 Å². The normalized spacial score (nSPS) is 12.3. The Bertz CT molecular complexity index is 527. The Morgan fingerprint density at radius 1 is 1.32 bits per heavy atom. The third kappa shape index (κ3) is 3.75. The Morgan fingerprint density at radius 2 is 2.16 bits per heavy atom. The van der Waals surface area contributed by atoms with Gasteiger partial charge in [-0.3, -0.25) is 4.98 Å². The summed E-state index contributed by atoms with van der Waals surface area (Å²) in [6, 6.07) is 8.07. The largest absolute Gasteiger partial charge is 0.383 e. The molecule has 4 nitrogen and oxygen atoms in total. The van der Waals surface area contributed by atoms with Crippen LogP contribution in [0.25, 0.3) is 0 Å². The van der Waals surface area contributed by atoms with E-state index in [9.17, 15) is 0 Å². The van der Waals surface area contributed by atoms with Gasteiger partial charge < -0.3 is 11.1 Å². The van der Waals surface area contributed by atoms with Gasteiger partial charge in [-0.05, 0) is 52.7 Å². The maximum Gasteiger partial charge on any atom is 0.126 e. The summed E-state index contributed by atoms with van der Waals surface area (Å²) in [4.78, 5) is 8.57. The van der Waals surface area contributed by atoms with Crippen LogP contribution in [0.5, 0.6) is 0 Å². The van der Waals surface area contributed by atoms with Gasteiger partial charge in [0.1, 0.15) is 5.82 Å². The topological polar surface area (TPSA) is 63.8 Å². The first-order chi connectivity index (χ1) is 9.20. The van der Waals surface area contributed by atoms with Crippen LogP contribution in [-0.4, -0.2) is 16.5 Å². The Labute approximate surface area is 121 Å². The number of nitrogens with one attached hydrogen (secondary N) is 1. The number of nitrogens with zero attached hydrogens (tertiary/aromatic N) is 2. The van der Waals surface area contributed by atoms with E-state index < -0.39 is 0 Å². The average Bonchev–Trinajstić information content (AvgIpc) is 2.42. The van der Waals surface area contributed by atoms with Gasteiger partial charge in [0.25, 0.3) is 0 Å². The van der Waals surface area contributed by atoms with Crippen molar-refractivity contribution in [3.05, 3.63) is 52.4 Å². The zero-order chi connectivity index (χ0) is 13.7. The molecule has 2 rings (SSSR count). The van der Waals surface area contributed by atoms with Crippen molar-refractivity contribution >= 4 is 21.7 Å². The number of halogens is 1. The molecule has 1 unspecified atom stereocenters. The molecule has 3 N–H and O–H groups in total. The molecular formula is C14H17BrN4. The lowest BCUT2D eigenvalue weighted by Gasteiger charge is -2.18. The Balaban J connectivity index is 2.21. The lowest BCUT2D eigenvalue weighted by molar-refractivity contribution is 0.536. The quantitative estimate of drug-likeness (QED) is 0.889. The molecule has 0 saturated heterocycles. The van der Waals surface area contributed by atoms with Gasteiger partial charge in [0.05, 0.1) is 11.7 Å². The minimum atomic E-state index is 0.143. The van der Waals surface area contributed by atoms with E-state index in [1.54, 1.807) is 6.20 Å². The fourth-order valence-electron chi connectivity index (χ4n) is 1.96. The molecule has 0 fully saturated rings. The fraction of sp³-hybridized carbons (Fsp3) is 0.286. The van der Waals surface area contributed by atoms with Crippen LogP contribution >= 0.6 is 15.9 Å². The van der Waals surface area contributed by atoms with E-state index in [-0.39, 0.29) is 6.04 Å². The maximum atomic E-state index is 5.90. The first-order valence-corrected chi connectivity index (χ1v) is 7.04. The second kappa shape index (κ2) is 6.63. The first kappa shape index (κ1) is 14.0. The van der Waals surface area contributed by atoms with Gasteiger partial charge in [0.15, 0.2) is 0 Å².